The van der Waals surface area contributed by atoms with Gasteiger partial charge in [0, 0.05) is 39.2 Å². The van der Waals surface area contributed by atoms with Gasteiger partial charge in [0.2, 0.25) is 5.89 Å². The molecule has 1 fully saturated rings. The minimum atomic E-state index is 0.220. The number of hydrogen-bond acceptors (Lipinski definition) is 6. The summed E-state index contributed by atoms with van der Waals surface area (Å²) in [6.07, 6.45) is 2.64. The smallest absolute Gasteiger partial charge is 0.228 e. The van der Waals surface area contributed by atoms with Gasteiger partial charge in [-0.1, -0.05) is 12.1 Å². The Balaban J connectivity index is 1.84. The molecule has 0 aliphatic carbocycles. The van der Waals surface area contributed by atoms with Crippen molar-refractivity contribution in [3.8, 4) is 0 Å². The first-order valence-electron chi connectivity index (χ1n) is 6.93. The van der Waals surface area contributed by atoms with Gasteiger partial charge in [0.25, 0.3) is 0 Å². The lowest BCUT2D eigenvalue weighted by molar-refractivity contribution is 0.162. The molecule has 0 bridgehead atoms. The molecule has 2 atom stereocenters. The first-order chi connectivity index (χ1) is 9.31. The molecule has 2 heterocycles. The van der Waals surface area contributed by atoms with Crippen LogP contribution in [0, 0.1) is 5.92 Å². The first kappa shape index (κ1) is 14.4. The second-order valence-corrected chi connectivity index (χ2v) is 4.95. The van der Waals surface area contributed by atoms with Crippen molar-refractivity contribution in [3.05, 3.63) is 11.7 Å². The van der Waals surface area contributed by atoms with Crippen molar-refractivity contribution in [3.63, 3.8) is 0 Å². The summed E-state index contributed by atoms with van der Waals surface area (Å²) in [5.41, 5.74) is 0. The van der Waals surface area contributed by atoms with Crippen molar-refractivity contribution >= 4 is 0 Å². The lowest BCUT2D eigenvalue weighted by atomic mass is 10.1. The molecule has 2 rings (SSSR count). The van der Waals surface area contributed by atoms with Crippen LogP contribution in [0.1, 0.15) is 25.1 Å². The van der Waals surface area contributed by atoms with Crippen LogP contribution in [0.2, 0.25) is 0 Å². The van der Waals surface area contributed by atoms with Crippen molar-refractivity contribution < 1.29 is 14.0 Å². The number of nitrogens with zero attached hydrogens (tertiary/aromatic N) is 2. The highest BCUT2D eigenvalue weighted by molar-refractivity contribution is 4.91. The molecule has 0 amide bonds. The summed E-state index contributed by atoms with van der Waals surface area (Å²) in [5, 5.41) is 7.38. The Morgan fingerprint density at radius 1 is 1.53 bits per heavy atom. The largest absolute Gasteiger partial charge is 0.383 e. The zero-order valence-electron chi connectivity index (χ0n) is 11.7. The second kappa shape index (κ2) is 7.57. The molecule has 0 aromatic carbocycles. The zero-order valence-corrected chi connectivity index (χ0v) is 11.7. The van der Waals surface area contributed by atoms with Gasteiger partial charge in [-0.05, 0) is 18.9 Å². The van der Waals surface area contributed by atoms with E-state index in [4.69, 9.17) is 14.0 Å². The third kappa shape index (κ3) is 4.56. The van der Waals surface area contributed by atoms with Crippen LogP contribution in [0.5, 0.6) is 0 Å². The van der Waals surface area contributed by atoms with Gasteiger partial charge in [-0.15, -0.1) is 0 Å². The van der Waals surface area contributed by atoms with Crippen molar-refractivity contribution in [2.24, 2.45) is 5.92 Å². The molecule has 0 spiro atoms. The Morgan fingerprint density at radius 3 is 3.11 bits per heavy atom. The third-order valence-corrected chi connectivity index (χ3v) is 3.29. The van der Waals surface area contributed by atoms with E-state index in [9.17, 15) is 0 Å². The van der Waals surface area contributed by atoms with Crippen LogP contribution >= 0.6 is 0 Å². The van der Waals surface area contributed by atoms with Crippen molar-refractivity contribution in [2.75, 3.05) is 33.5 Å². The Bertz CT molecular complexity index is 358. The number of nitrogens with one attached hydrogen (secondary N) is 1. The van der Waals surface area contributed by atoms with Gasteiger partial charge in [0.1, 0.15) is 0 Å². The van der Waals surface area contributed by atoms with Crippen LogP contribution in [0.4, 0.5) is 0 Å². The monoisotopic (exact) mass is 269 g/mol. The topological polar surface area (TPSA) is 69.4 Å². The van der Waals surface area contributed by atoms with E-state index in [-0.39, 0.29) is 6.04 Å². The summed E-state index contributed by atoms with van der Waals surface area (Å²) in [4.78, 5) is 4.45. The highest BCUT2D eigenvalue weighted by Crippen LogP contribution is 2.16. The summed E-state index contributed by atoms with van der Waals surface area (Å²) in [6.45, 7) is 5.28. The Labute approximate surface area is 113 Å². The molecule has 1 aromatic rings. The van der Waals surface area contributed by atoms with Gasteiger partial charge < -0.3 is 19.3 Å². The lowest BCUT2D eigenvalue weighted by Crippen LogP contribution is -2.35. The first-order valence-corrected chi connectivity index (χ1v) is 6.93. The van der Waals surface area contributed by atoms with E-state index in [1.54, 1.807) is 7.11 Å². The van der Waals surface area contributed by atoms with Crippen LogP contribution in [0.25, 0.3) is 0 Å². The Morgan fingerprint density at radius 2 is 2.42 bits per heavy atom. The van der Waals surface area contributed by atoms with E-state index < -0.39 is 0 Å². The number of rotatable bonds is 8. The second-order valence-electron chi connectivity index (χ2n) is 4.95. The maximum absolute atomic E-state index is 5.35. The van der Waals surface area contributed by atoms with Gasteiger partial charge in [-0.3, -0.25) is 0 Å². The summed E-state index contributed by atoms with van der Waals surface area (Å²) in [6, 6.07) is 0.220. The molecule has 6 nitrogen and oxygen atoms in total. The van der Waals surface area contributed by atoms with Gasteiger partial charge in [0.05, 0.1) is 6.61 Å². The van der Waals surface area contributed by atoms with Crippen molar-refractivity contribution in [1.82, 2.24) is 15.5 Å². The van der Waals surface area contributed by atoms with Crippen LogP contribution < -0.4 is 5.32 Å². The van der Waals surface area contributed by atoms with E-state index in [0.717, 1.165) is 38.4 Å². The molecule has 6 heteroatoms. The molecule has 108 valence electrons. The maximum atomic E-state index is 5.35. The Hall–Kier alpha value is -0.980. The predicted molar refractivity (Wildman–Crippen MR) is 70.0 cm³/mol. The van der Waals surface area contributed by atoms with Gasteiger partial charge >= 0.3 is 0 Å². The number of hydrogen-bond donors (Lipinski definition) is 1. The molecule has 1 aromatic heterocycles. The molecule has 19 heavy (non-hydrogen) atoms. The van der Waals surface area contributed by atoms with Crippen LogP contribution in [0.15, 0.2) is 4.52 Å². The van der Waals surface area contributed by atoms with Crippen LogP contribution in [0.3, 0.4) is 0 Å². The normalized spacial score (nSPS) is 20.8. The summed E-state index contributed by atoms with van der Waals surface area (Å²) < 4.78 is 15.8. The fourth-order valence-electron chi connectivity index (χ4n) is 2.35. The predicted octanol–water partition coefficient (Wildman–Crippen LogP) is 0.816. The quantitative estimate of drug-likeness (QED) is 0.753. The highest BCUT2D eigenvalue weighted by Gasteiger charge is 2.20. The third-order valence-electron chi connectivity index (χ3n) is 3.29. The summed E-state index contributed by atoms with van der Waals surface area (Å²) in [7, 11) is 1.70. The molecule has 1 aliphatic rings. The SMILES string of the molecule is CCNC(COC)Cc1nc(CC2CCOC2)no1. The van der Waals surface area contributed by atoms with Gasteiger partial charge in [-0.2, -0.15) is 4.98 Å². The fourth-order valence-corrected chi connectivity index (χ4v) is 2.35. The lowest BCUT2D eigenvalue weighted by Gasteiger charge is -2.14. The minimum absolute atomic E-state index is 0.220. The van der Waals surface area contributed by atoms with Crippen molar-refractivity contribution in [2.45, 2.75) is 32.2 Å². The minimum Gasteiger partial charge on any atom is -0.383 e. The molecule has 2 unspecified atom stereocenters. The zero-order chi connectivity index (χ0) is 13.5. The van der Waals surface area contributed by atoms with Crippen molar-refractivity contribution in [1.29, 1.82) is 0 Å². The molecule has 0 radical (unpaired) electrons. The Kier molecular flexibility index (Phi) is 5.75. The number of likely N-dealkylation sites (N-methyl/N-ethyl adjacent to an activating group) is 1. The van der Waals surface area contributed by atoms with E-state index >= 15 is 0 Å². The molecular weight excluding hydrogens is 246 g/mol. The average molecular weight is 269 g/mol. The highest BCUT2D eigenvalue weighted by atomic mass is 16.5. The summed E-state index contributed by atoms with van der Waals surface area (Å²) >= 11 is 0. The van der Waals surface area contributed by atoms with Gasteiger partial charge in [-0.25, -0.2) is 0 Å². The standard InChI is InChI=1S/C13H23N3O3/c1-3-14-11(9-17-2)7-13-15-12(16-19-13)6-10-4-5-18-8-10/h10-11,14H,3-9H2,1-2H3. The number of ether oxygens (including phenoxy) is 2. The maximum Gasteiger partial charge on any atom is 0.228 e. The molecule has 1 saturated heterocycles. The van der Waals surface area contributed by atoms with E-state index in [0.29, 0.717) is 24.8 Å². The fraction of sp³-hybridized carbons (Fsp3) is 0.846. The molecule has 0 saturated carbocycles. The van der Waals surface area contributed by atoms with Gasteiger partial charge in [0.15, 0.2) is 5.82 Å². The molecule has 1 N–H and O–H groups in total. The number of aromatic nitrogens is 2. The molecular formula is C13H23N3O3. The molecule has 1 aliphatic heterocycles. The number of methoxy groups -OCH3 is 1. The van der Waals surface area contributed by atoms with E-state index in [1.165, 1.54) is 0 Å². The average Bonchev–Trinajstić information content (AvgIpc) is 3.03. The summed E-state index contributed by atoms with van der Waals surface area (Å²) in [5.74, 6) is 2.00. The van der Waals surface area contributed by atoms with Crippen LogP contribution in [-0.4, -0.2) is 49.7 Å². The van der Waals surface area contributed by atoms with Crippen LogP contribution in [-0.2, 0) is 22.3 Å². The van der Waals surface area contributed by atoms with E-state index in [1.807, 2.05) is 0 Å². The van der Waals surface area contributed by atoms with E-state index in [2.05, 4.69) is 22.4 Å².